The Balaban J connectivity index is 1.97. The van der Waals surface area contributed by atoms with E-state index in [9.17, 15) is 4.79 Å². The van der Waals surface area contributed by atoms with Crippen LogP contribution in [0.1, 0.15) is 16.1 Å². The molecule has 0 saturated carbocycles. The van der Waals surface area contributed by atoms with Crippen molar-refractivity contribution in [2.45, 2.75) is 6.54 Å². The zero-order valence-corrected chi connectivity index (χ0v) is 13.4. The lowest BCUT2D eigenvalue weighted by atomic mass is 10.2. The van der Waals surface area contributed by atoms with Crippen molar-refractivity contribution in [3.63, 3.8) is 0 Å². The van der Waals surface area contributed by atoms with Crippen LogP contribution in [0.4, 0.5) is 0 Å². The van der Waals surface area contributed by atoms with Crippen LogP contribution in [-0.4, -0.2) is 29.4 Å². The number of aromatic amines is 1. The number of H-pyrrole nitrogens is 1. The average molecular weight is 349 g/mol. The lowest BCUT2D eigenvalue weighted by Gasteiger charge is -2.16. The predicted molar refractivity (Wildman–Crippen MR) is 86.4 cm³/mol. The minimum atomic E-state index is -0.0484. The molecule has 1 amide bonds. The minimum Gasteiger partial charge on any atom is -0.490 e. The Morgan fingerprint density at radius 2 is 2.14 bits per heavy atom. The summed E-state index contributed by atoms with van der Waals surface area (Å²) in [6, 6.07) is 9.45. The van der Waals surface area contributed by atoms with Crippen LogP contribution in [0.2, 0.25) is 0 Å². The van der Waals surface area contributed by atoms with Gasteiger partial charge in [-0.15, -0.1) is 0 Å². The number of hydrogen-bond donors (Lipinski definition) is 1. The third kappa shape index (κ3) is 4.23. The van der Waals surface area contributed by atoms with Gasteiger partial charge in [0.1, 0.15) is 18.1 Å². The molecule has 0 fully saturated rings. The van der Waals surface area contributed by atoms with Crippen molar-refractivity contribution in [2.24, 2.45) is 0 Å². The van der Waals surface area contributed by atoms with Crippen LogP contribution in [0.3, 0.4) is 0 Å². The number of hydrogen-bond acceptors (Lipinski definition) is 2. The fourth-order valence-electron chi connectivity index (χ4n) is 1.89. The Bertz CT molecular complexity index is 619. The van der Waals surface area contributed by atoms with Gasteiger partial charge in [-0.3, -0.25) is 4.79 Å². The van der Waals surface area contributed by atoms with Crippen molar-refractivity contribution in [1.29, 1.82) is 0 Å². The molecule has 0 aliphatic carbocycles. The van der Waals surface area contributed by atoms with Crippen molar-refractivity contribution < 1.29 is 9.53 Å². The lowest BCUT2D eigenvalue weighted by molar-refractivity contribution is 0.0780. The van der Waals surface area contributed by atoms with Gasteiger partial charge >= 0.3 is 0 Å². The highest BCUT2D eigenvalue weighted by Crippen LogP contribution is 2.16. The number of nitrogens with one attached hydrogen (secondary N) is 1. The van der Waals surface area contributed by atoms with E-state index in [1.807, 2.05) is 24.3 Å². The van der Waals surface area contributed by atoms with Gasteiger partial charge in [0, 0.05) is 24.3 Å². The topological polar surface area (TPSA) is 45.3 Å². The zero-order valence-electron chi connectivity index (χ0n) is 11.8. The van der Waals surface area contributed by atoms with Gasteiger partial charge < -0.3 is 14.6 Å². The smallest absolute Gasteiger partial charge is 0.270 e. The maximum Gasteiger partial charge on any atom is 0.270 e. The summed E-state index contributed by atoms with van der Waals surface area (Å²) in [4.78, 5) is 16.8. The summed E-state index contributed by atoms with van der Waals surface area (Å²) < 4.78 is 6.29. The molecule has 0 atom stereocenters. The van der Waals surface area contributed by atoms with Crippen LogP contribution in [0.5, 0.6) is 5.75 Å². The van der Waals surface area contributed by atoms with Gasteiger partial charge in [0.2, 0.25) is 0 Å². The van der Waals surface area contributed by atoms with Crippen LogP contribution in [0, 0.1) is 0 Å². The molecule has 5 heteroatoms. The number of nitrogens with zero attached hydrogens (tertiary/aromatic N) is 1. The summed E-state index contributed by atoms with van der Waals surface area (Å²) in [6.45, 7) is 4.63. The van der Waals surface area contributed by atoms with Crippen molar-refractivity contribution in [2.75, 3.05) is 13.7 Å². The second kappa shape index (κ2) is 7.13. The van der Waals surface area contributed by atoms with E-state index < -0.39 is 0 Å². The van der Waals surface area contributed by atoms with Gasteiger partial charge in [0.25, 0.3) is 5.91 Å². The molecule has 110 valence electrons. The highest BCUT2D eigenvalue weighted by atomic mass is 79.9. The van der Waals surface area contributed by atoms with E-state index in [1.165, 1.54) is 0 Å². The lowest BCUT2D eigenvalue weighted by Crippen LogP contribution is -2.26. The molecule has 1 N–H and O–H groups in total. The summed E-state index contributed by atoms with van der Waals surface area (Å²) in [5.41, 5.74) is 1.61. The average Bonchev–Trinajstić information content (AvgIpc) is 2.92. The molecule has 1 heterocycles. The number of halogens is 1. The van der Waals surface area contributed by atoms with E-state index in [1.54, 1.807) is 30.3 Å². The molecule has 1 aromatic carbocycles. The molecule has 0 radical (unpaired) electrons. The molecule has 21 heavy (non-hydrogen) atoms. The van der Waals surface area contributed by atoms with E-state index in [0.29, 0.717) is 18.8 Å². The molecular weight excluding hydrogens is 332 g/mol. The van der Waals surface area contributed by atoms with Crippen LogP contribution < -0.4 is 4.74 Å². The molecule has 0 unspecified atom stereocenters. The molecule has 0 saturated heterocycles. The van der Waals surface area contributed by atoms with E-state index in [4.69, 9.17) is 4.74 Å². The third-order valence-corrected chi connectivity index (χ3v) is 3.39. The number of rotatable bonds is 6. The maximum absolute atomic E-state index is 12.2. The fourth-order valence-corrected chi connectivity index (χ4v) is 2.23. The van der Waals surface area contributed by atoms with Crippen molar-refractivity contribution in [3.8, 4) is 5.75 Å². The van der Waals surface area contributed by atoms with Gasteiger partial charge in [0.15, 0.2) is 0 Å². The Labute approximate surface area is 132 Å². The number of ether oxygens (including phenoxy) is 1. The number of carbonyl (C=O) groups is 1. The molecule has 2 rings (SSSR count). The van der Waals surface area contributed by atoms with Crippen LogP contribution in [0.25, 0.3) is 0 Å². The van der Waals surface area contributed by atoms with E-state index in [-0.39, 0.29) is 5.91 Å². The number of benzene rings is 1. The Morgan fingerprint density at radius 3 is 2.71 bits per heavy atom. The summed E-state index contributed by atoms with van der Waals surface area (Å²) in [5.74, 6) is 0.744. The molecule has 0 spiro atoms. The molecule has 0 bridgehead atoms. The molecule has 1 aromatic heterocycles. The van der Waals surface area contributed by atoms with Crippen molar-refractivity contribution >= 4 is 21.8 Å². The third-order valence-electron chi connectivity index (χ3n) is 2.94. The molecule has 4 nitrogen and oxygen atoms in total. The summed E-state index contributed by atoms with van der Waals surface area (Å²) in [7, 11) is 1.78. The first-order chi connectivity index (χ1) is 10.1. The van der Waals surface area contributed by atoms with E-state index in [0.717, 1.165) is 15.8 Å². The number of amides is 1. The largest absolute Gasteiger partial charge is 0.490 e. The summed E-state index contributed by atoms with van der Waals surface area (Å²) in [6.07, 6.45) is 3.45. The van der Waals surface area contributed by atoms with Gasteiger partial charge in [-0.2, -0.15) is 0 Å². The van der Waals surface area contributed by atoms with Gasteiger partial charge in [-0.25, -0.2) is 0 Å². The first-order valence-corrected chi connectivity index (χ1v) is 7.31. The molecule has 0 aliphatic heterocycles. The molecular formula is C16H17BrN2O2. The van der Waals surface area contributed by atoms with Gasteiger partial charge in [-0.1, -0.05) is 24.8 Å². The first-order valence-electron chi connectivity index (χ1n) is 6.52. The summed E-state index contributed by atoms with van der Waals surface area (Å²) >= 11 is 3.32. The standard InChI is InChI=1S/C16H17BrN2O2/c1-3-8-21-14-6-4-12(5-7-14)11-19(2)16(20)15-9-13(17)10-18-15/h3-7,9-10,18H,1,8,11H2,2H3. The first kappa shape index (κ1) is 15.4. The molecule has 2 aromatic rings. The summed E-state index contributed by atoms with van der Waals surface area (Å²) in [5, 5.41) is 0. The fraction of sp³-hybridized carbons (Fsp3) is 0.188. The second-order valence-electron chi connectivity index (χ2n) is 4.64. The van der Waals surface area contributed by atoms with Crippen LogP contribution in [0.15, 0.2) is 53.7 Å². The minimum absolute atomic E-state index is 0.0484. The molecule has 0 aliphatic rings. The highest BCUT2D eigenvalue weighted by molar-refractivity contribution is 9.10. The Hall–Kier alpha value is -2.01. The SMILES string of the molecule is C=CCOc1ccc(CN(C)C(=O)c2cc(Br)c[nH]2)cc1. The number of aromatic nitrogens is 1. The predicted octanol–water partition coefficient (Wildman–Crippen LogP) is 3.61. The monoisotopic (exact) mass is 348 g/mol. The van der Waals surface area contributed by atoms with Gasteiger partial charge in [-0.05, 0) is 39.7 Å². The highest BCUT2D eigenvalue weighted by Gasteiger charge is 2.13. The van der Waals surface area contributed by atoms with Gasteiger partial charge in [0.05, 0.1) is 0 Å². The van der Waals surface area contributed by atoms with Crippen LogP contribution >= 0.6 is 15.9 Å². The number of carbonyl (C=O) groups excluding carboxylic acids is 1. The Kier molecular flexibility index (Phi) is 5.22. The van der Waals surface area contributed by atoms with Crippen molar-refractivity contribution in [1.82, 2.24) is 9.88 Å². The van der Waals surface area contributed by atoms with E-state index >= 15 is 0 Å². The van der Waals surface area contributed by atoms with Crippen LogP contribution in [-0.2, 0) is 6.54 Å². The quantitative estimate of drug-likeness (QED) is 0.810. The second-order valence-corrected chi connectivity index (χ2v) is 5.55. The van der Waals surface area contributed by atoms with Crippen molar-refractivity contribution in [3.05, 3.63) is 64.9 Å². The Morgan fingerprint density at radius 1 is 1.43 bits per heavy atom. The zero-order chi connectivity index (χ0) is 15.2. The normalized spacial score (nSPS) is 10.2. The van der Waals surface area contributed by atoms with E-state index in [2.05, 4.69) is 27.5 Å². The maximum atomic E-state index is 12.2.